The van der Waals surface area contributed by atoms with E-state index in [1.165, 1.54) is 21.3 Å². The molecular formula is C38H43ClN4O6. The summed E-state index contributed by atoms with van der Waals surface area (Å²) in [6.07, 6.45) is 2.69. The quantitative estimate of drug-likeness (QED) is 0.120. The van der Waals surface area contributed by atoms with Crippen molar-refractivity contribution >= 4 is 73.9 Å². The van der Waals surface area contributed by atoms with Crippen molar-refractivity contribution in [1.29, 1.82) is 0 Å². The van der Waals surface area contributed by atoms with Crippen molar-refractivity contribution in [3.63, 3.8) is 0 Å². The zero-order chi connectivity index (χ0) is 35.4. The van der Waals surface area contributed by atoms with Gasteiger partial charge in [-0.1, -0.05) is 0 Å². The molecule has 2 aliphatic heterocycles. The molecule has 11 heteroatoms. The Morgan fingerprint density at radius 1 is 0.571 bits per heavy atom. The number of hydrogen-bond acceptors (Lipinski definition) is 8. The van der Waals surface area contributed by atoms with Crippen molar-refractivity contribution < 1.29 is 28.6 Å². The number of esters is 3. The maximum absolute atomic E-state index is 12.2. The van der Waals surface area contributed by atoms with Gasteiger partial charge in [-0.25, -0.2) is 9.97 Å². The van der Waals surface area contributed by atoms with E-state index in [0.717, 1.165) is 89.4 Å². The lowest BCUT2D eigenvalue weighted by Crippen LogP contribution is -2.02. The Bertz CT molecular complexity index is 2050. The van der Waals surface area contributed by atoms with Gasteiger partial charge >= 0.3 is 17.9 Å². The van der Waals surface area contributed by atoms with Crippen molar-refractivity contribution in [3.05, 3.63) is 69.3 Å². The molecule has 0 aromatic carbocycles. The summed E-state index contributed by atoms with van der Waals surface area (Å²) in [5.74, 6) is -0.441. The van der Waals surface area contributed by atoms with Gasteiger partial charge in [-0.15, -0.1) is 11.6 Å². The number of carbonyl (C=O) groups is 3. The predicted octanol–water partition coefficient (Wildman–Crippen LogP) is 7.59. The number of aryl methyl sites for hydroxylation is 4. The molecule has 49 heavy (non-hydrogen) atoms. The maximum atomic E-state index is 12.2. The van der Waals surface area contributed by atoms with E-state index in [0.29, 0.717) is 31.6 Å². The zero-order valence-electron chi connectivity index (χ0n) is 29.2. The molecule has 8 bridgehead atoms. The second kappa shape index (κ2) is 15.2. The van der Waals surface area contributed by atoms with Crippen molar-refractivity contribution in [2.24, 2.45) is 0 Å². The van der Waals surface area contributed by atoms with Gasteiger partial charge in [0.2, 0.25) is 0 Å². The normalized spacial score (nSPS) is 12.8. The van der Waals surface area contributed by atoms with Crippen molar-refractivity contribution in [3.8, 4) is 0 Å². The standard InChI is InChI=1S/C38H43ClN4O6/c1-20-24(8-11-36(44)47-5)32-16-29-21(2)25(9-12-37(45)48-6)34(41-29)18-31-23(4)27(14-15-39)35(43-31)19-30-22(3)26(10-13-38(46)49-7)33(42-30)17-28(20)40-32/h16-19,40-41H,8-15H2,1-7H3. The molecule has 5 heterocycles. The third-order valence-corrected chi connectivity index (χ3v) is 9.75. The lowest BCUT2D eigenvalue weighted by molar-refractivity contribution is -0.141. The van der Waals surface area contributed by atoms with E-state index in [1.54, 1.807) is 0 Å². The first kappa shape index (κ1) is 35.6. The average molecular weight is 687 g/mol. The van der Waals surface area contributed by atoms with E-state index >= 15 is 0 Å². The number of aromatic amines is 2. The molecular weight excluding hydrogens is 644 g/mol. The van der Waals surface area contributed by atoms with Gasteiger partial charge in [0, 0.05) is 47.2 Å². The van der Waals surface area contributed by atoms with Crippen LogP contribution >= 0.6 is 11.6 Å². The fourth-order valence-electron chi connectivity index (χ4n) is 6.57. The summed E-state index contributed by atoms with van der Waals surface area (Å²) in [5.41, 5.74) is 14.4. The minimum atomic E-state index is -0.294. The van der Waals surface area contributed by atoms with Gasteiger partial charge in [0.25, 0.3) is 0 Å². The Kier molecular flexibility index (Phi) is 11.1. The highest BCUT2D eigenvalue weighted by molar-refractivity contribution is 6.18. The van der Waals surface area contributed by atoms with Gasteiger partial charge in [-0.3, -0.25) is 14.4 Å². The number of halogens is 1. The van der Waals surface area contributed by atoms with Crippen molar-refractivity contribution in [2.45, 2.75) is 72.6 Å². The number of allylic oxidation sites excluding steroid dienone is 4. The monoisotopic (exact) mass is 686 g/mol. The number of hydrogen-bond donors (Lipinski definition) is 2. The van der Waals surface area contributed by atoms with E-state index in [2.05, 4.69) is 9.97 Å². The third-order valence-electron chi connectivity index (χ3n) is 9.57. The summed E-state index contributed by atoms with van der Waals surface area (Å²) < 4.78 is 14.9. The first-order valence-corrected chi connectivity index (χ1v) is 16.9. The summed E-state index contributed by atoms with van der Waals surface area (Å²) >= 11 is 6.30. The second-order valence-corrected chi connectivity index (χ2v) is 12.7. The van der Waals surface area contributed by atoms with Gasteiger partial charge in [0.15, 0.2) is 0 Å². The summed E-state index contributed by atoms with van der Waals surface area (Å²) in [5, 5.41) is 0. The van der Waals surface area contributed by atoms with Gasteiger partial charge in [0.1, 0.15) is 0 Å². The highest BCUT2D eigenvalue weighted by Crippen LogP contribution is 2.38. The van der Waals surface area contributed by atoms with E-state index in [9.17, 15) is 14.4 Å². The number of nitrogens with one attached hydrogen (secondary N) is 2. The topological polar surface area (TPSA) is 136 Å². The molecule has 3 aromatic rings. The molecule has 0 atom stereocenters. The molecule has 0 saturated carbocycles. The molecule has 10 nitrogen and oxygen atoms in total. The summed E-state index contributed by atoms with van der Waals surface area (Å²) in [4.78, 5) is 54.1. The highest BCUT2D eigenvalue weighted by Gasteiger charge is 2.22. The molecule has 258 valence electrons. The summed E-state index contributed by atoms with van der Waals surface area (Å²) in [7, 11) is 4.17. The van der Waals surface area contributed by atoms with Crippen molar-refractivity contribution in [1.82, 2.24) is 19.9 Å². The Balaban J connectivity index is 1.88. The Morgan fingerprint density at radius 2 is 0.980 bits per heavy atom. The van der Waals surface area contributed by atoms with Crippen LogP contribution in [0.4, 0.5) is 0 Å². The molecule has 0 spiro atoms. The van der Waals surface area contributed by atoms with Crippen LogP contribution in [-0.2, 0) is 41.4 Å². The van der Waals surface area contributed by atoms with Crippen molar-refractivity contribution in [2.75, 3.05) is 27.2 Å². The molecule has 0 amide bonds. The lowest BCUT2D eigenvalue weighted by atomic mass is 9.99. The molecule has 5 rings (SSSR count). The van der Waals surface area contributed by atoms with Crippen LogP contribution in [0.3, 0.4) is 0 Å². The number of ether oxygens (including phenoxy) is 3. The van der Waals surface area contributed by atoms with Gasteiger partial charge < -0.3 is 24.2 Å². The number of H-pyrrole nitrogens is 2. The van der Waals surface area contributed by atoms with Gasteiger partial charge in [-0.05, 0) is 122 Å². The molecule has 0 unspecified atom stereocenters. The van der Waals surface area contributed by atoms with Crippen LogP contribution in [0.15, 0.2) is 24.3 Å². The van der Waals surface area contributed by atoms with E-state index in [1.807, 2.05) is 52.0 Å². The average Bonchev–Trinajstić information content (AvgIpc) is 3.75. The molecule has 0 aliphatic carbocycles. The highest BCUT2D eigenvalue weighted by atomic mass is 35.5. The number of methoxy groups -OCH3 is 3. The van der Waals surface area contributed by atoms with E-state index < -0.39 is 0 Å². The number of fused-ring (bicyclic) bond motifs is 8. The van der Waals surface area contributed by atoms with Crippen LogP contribution in [0.5, 0.6) is 0 Å². The van der Waals surface area contributed by atoms with Gasteiger partial charge in [0.05, 0.1) is 44.1 Å². The molecule has 0 fully saturated rings. The third kappa shape index (κ3) is 7.49. The minimum absolute atomic E-state index is 0.216. The largest absolute Gasteiger partial charge is 0.469 e. The fourth-order valence-corrected chi connectivity index (χ4v) is 6.76. The fraction of sp³-hybridized carbons (Fsp3) is 0.395. The first-order chi connectivity index (χ1) is 23.5. The Morgan fingerprint density at radius 3 is 1.49 bits per heavy atom. The van der Waals surface area contributed by atoms with Crippen LogP contribution in [0, 0.1) is 13.8 Å². The summed E-state index contributed by atoms with van der Waals surface area (Å²) in [6, 6.07) is 8.09. The Hall–Kier alpha value is -4.70. The lowest BCUT2D eigenvalue weighted by Gasteiger charge is -2.04. The first-order valence-electron chi connectivity index (χ1n) is 16.4. The SMILES string of the molecule is COC(=O)CCC1=C(C)c2cc3nc(cc4[nH]c(cc5[nH]c(cc1n2)c(C)c5CCC(=O)OC)c(C)c4CCC(=O)OC)C(C)=C3CCCl. The number of carbonyl (C=O) groups excluding carboxylic acids is 3. The second-order valence-electron chi connectivity index (χ2n) is 12.3. The number of nitrogens with zero attached hydrogens (tertiary/aromatic N) is 2. The molecule has 2 aliphatic rings. The maximum Gasteiger partial charge on any atom is 0.305 e. The minimum Gasteiger partial charge on any atom is -0.469 e. The molecule has 0 saturated heterocycles. The van der Waals surface area contributed by atoms with Crippen LogP contribution in [0.25, 0.3) is 44.4 Å². The number of rotatable bonds is 11. The molecule has 3 aromatic heterocycles. The smallest absolute Gasteiger partial charge is 0.305 e. The van der Waals surface area contributed by atoms with Gasteiger partial charge in [-0.2, -0.15) is 0 Å². The summed E-state index contributed by atoms with van der Waals surface area (Å²) in [6.45, 7) is 8.12. The molecule has 2 N–H and O–H groups in total. The van der Waals surface area contributed by atoms with E-state index in [-0.39, 0.29) is 37.2 Å². The van der Waals surface area contributed by atoms with Crippen LogP contribution in [-0.4, -0.2) is 65.1 Å². The molecule has 0 radical (unpaired) electrons. The number of alkyl halides is 1. The Labute approximate surface area is 291 Å². The van der Waals surface area contributed by atoms with Crippen LogP contribution < -0.4 is 0 Å². The zero-order valence-corrected chi connectivity index (χ0v) is 29.9. The van der Waals surface area contributed by atoms with Crippen LogP contribution in [0.2, 0.25) is 0 Å². The van der Waals surface area contributed by atoms with E-state index in [4.69, 9.17) is 35.8 Å². The predicted molar refractivity (Wildman–Crippen MR) is 193 cm³/mol. The number of aromatic nitrogens is 4. The van der Waals surface area contributed by atoms with Crippen LogP contribution in [0.1, 0.15) is 91.0 Å².